The maximum atomic E-state index is 13.3. The molecule has 0 unspecified atom stereocenters. The van der Waals surface area contributed by atoms with Gasteiger partial charge in [-0.15, -0.1) is 0 Å². The van der Waals surface area contributed by atoms with Gasteiger partial charge in [0.15, 0.2) is 11.5 Å². The fraction of sp³-hybridized carbons (Fsp3) is 0.350. The van der Waals surface area contributed by atoms with Crippen LogP contribution in [0.5, 0.6) is 11.5 Å². The molecule has 1 saturated heterocycles. The Labute approximate surface area is 168 Å². The van der Waals surface area contributed by atoms with Crippen LogP contribution in [0.4, 0.5) is 14.9 Å². The number of carbonyl (C=O) groups is 1. The number of methoxy groups -OCH3 is 2. The second-order valence-corrected chi connectivity index (χ2v) is 6.92. The number of piperazine rings is 1. The molecule has 0 saturated carbocycles. The molecule has 2 amide bonds. The van der Waals surface area contributed by atoms with Crippen molar-refractivity contribution in [2.45, 2.75) is 6.54 Å². The Morgan fingerprint density at radius 2 is 1.79 bits per heavy atom. The van der Waals surface area contributed by atoms with Gasteiger partial charge in [-0.05, 0) is 29.8 Å². The van der Waals surface area contributed by atoms with Crippen molar-refractivity contribution < 1.29 is 18.7 Å². The Morgan fingerprint density at radius 3 is 2.43 bits per heavy atom. The van der Waals surface area contributed by atoms with Gasteiger partial charge >= 0.3 is 6.03 Å². The Balaban J connectivity index is 1.53. The van der Waals surface area contributed by atoms with Crippen molar-refractivity contribution in [3.8, 4) is 11.5 Å². The fourth-order valence-corrected chi connectivity index (χ4v) is 3.32. The number of hydrogen-bond donors (Lipinski definition) is 1. The standard InChI is InChI=1S/C20H23ClFN3O3/c1-27-18-6-4-15(12-19(18)28-2)23-20(26)25-9-7-24(8-10-25)13-14-3-5-17(22)16(21)11-14/h3-6,11-12H,7-10,13H2,1-2H3,(H,23,26). The lowest BCUT2D eigenvalue weighted by Crippen LogP contribution is -2.49. The molecule has 1 heterocycles. The largest absolute Gasteiger partial charge is 0.493 e. The lowest BCUT2D eigenvalue weighted by atomic mass is 10.2. The maximum Gasteiger partial charge on any atom is 0.321 e. The second kappa shape index (κ2) is 9.12. The minimum Gasteiger partial charge on any atom is -0.493 e. The average Bonchev–Trinajstić information content (AvgIpc) is 2.71. The number of ether oxygens (including phenoxy) is 2. The van der Waals surface area contributed by atoms with E-state index in [9.17, 15) is 9.18 Å². The Bertz CT molecular complexity index is 841. The summed E-state index contributed by atoms with van der Waals surface area (Å²) in [6.07, 6.45) is 0. The highest BCUT2D eigenvalue weighted by Gasteiger charge is 2.21. The lowest BCUT2D eigenvalue weighted by Gasteiger charge is -2.34. The van der Waals surface area contributed by atoms with E-state index in [1.807, 2.05) is 0 Å². The smallest absolute Gasteiger partial charge is 0.321 e. The van der Waals surface area contributed by atoms with Crippen LogP contribution in [-0.2, 0) is 6.54 Å². The average molecular weight is 408 g/mol. The third-order valence-electron chi connectivity index (χ3n) is 4.68. The molecule has 6 nitrogen and oxygen atoms in total. The van der Waals surface area contributed by atoms with Crippen LogP contribution in [-0.4, -0.2) is 56.2 Å². The van der Waals surface area contributed by atoms with Gasteiger partial charge in [-0.1, -0.05) is 17.7 Å². The number of urea groups is 1. The summed E-state index contributed by atoms with van der Waals surface area (Å²) in [5.41, 5.74) is 1.60. The number of nitrogens with zero attached hydrogens (tertiary/aromatic N) is 2. The fourth-order valence-electron chi connectivity index (χ4n) is 3.12. The number of halogens is 2. The molecule has 28 heavy (non-hydrogen) atoms. The van der Waals surface area contributed by atoms with Crippen LogP contribution in [0.25, 0.3) is 0 Å². The number of nitrogens with one attached hydrogen (secondary N) is 1. The molecule has 150 valence electrons. The van der Waals surface area contributed by atoms with E-state index in [0.29, 0.717) is 36.8 Å². The number of rotatable bonds is 5. The number of carbonyl (C=O) groups excluding carboxylic acids is 1. The van der Waals surface area contributed by atoms with Crippen molar-refractivity contribution >= 4 is 23.3 Å². The van der Waals surface area contributed by atoms with Gasteiger partial charge in [0.05, 0.1) is 19.2 Å². The molecule has 0 aliphatic carbocycles. The van der Waals surface area contributed by atoms with E-state index in [2.05, 4.69) is 10.2 Å². The molecule has 0 radical (unpaired) electrons. The van der Waals surface area contributed by atoms with Gasteiger partial charge in [0, 0.05) is 44.5 Å². The van der Waals surface area contributed by atoms with Gasteiger partial charge in [0.1, 0.15) is 5.82 Å². The molecule has 8 heteroatoms. The van der Waals surface area contributed by atoms with E-state index >= 15 is 0 Å². The minimum atomic E-state index is -0.415. The second-order valence-electron chi connectivity index (χ2n) is 6.51. The maximum absolute atomic E-state index is 13.3. The van der Waals surface area contributed by atoms with Crippen LogP contribution < -0.4 is 14.8 Å². The zero-order valence-corrected chi connectivity index (χ0v) is 16.6. The molecule has 1 fully saturated rings. The first kappa shape index (κ1) is 20.2. The van der Waals surface area contributed by atoms with Gasteiger partial charge < -0.3 is 19.7 Å². The summed E-state index contributed by atoms with van der Waals surface area (Å²) in [5.74, 6) is 0.750. The summed E-state index contributed by atoms with van der Waals surface area (Å²) in [6.45, 7) is 3.34. The van der Waals surface area contributed by atoms with E-state index in [1.54, 1.807) is 49.5 Å². The van der Waals surface area contributed by atoms with Crippen molar-refractivity contribution in [3.63, 3.8) is 0 Å². The predicted molar refractivity (Wildman–Crippen MR) is 107 cm³/mol. The summed E-state index contributed by atoms with van der Waals surface area (Å²) in [7, 11) is 3.12. The SMILES string of the molecule is COc1ccc(NC(=O)N2CCN(Cc3ccc(F)c(Cl)c3)CC2)cc1OC. The van der Waals surface area contributed by atoms with Gasteiger partial charge in [-0.3, -0.25) is 4.90 Å². The Kier molecular flexibility index (Phi) is 6.59. The first-order valence-corrected chi connectivity index (χ1v) is 9.32. The molecule has 2 aromatic rings. The van der Waals surface area contributed by atoms with Crippen molar-refractivity contribution in [2.75, 3.05) is 45.7 Å². The van der Waals surface area contributed by atoms with Crippen LogP contribution >= 0.6 is 11.6 Å². The number of benzene rings is 2. The van der Waals surface area contributed by atoms with Crippen LogP contribution in [0.1, 0.15) is 5.56 Å². The molecule has 0 spiro atoms. The summed E-state index contributed by atoms with van der Waals surface area (Å²) in [5, 5.41) is 3.02. The van der Waals surface area contributed by atoms with Crippen LogP contribution in [0, 0.1) is 5.82 Å². The lowest BCUT2D eigenvalue weighted by molar-refractivity contribution is 0.143. The first-order valence-electron chi connectivity index (χ1n) is 8.94. The highest BCUT2D eigenvalue weighted by Crippen LogP contribution is 2.29. The Morgan fingerprint density at radius 1 is 1.07 bits per heavy atom. The van der Waals surface area contributed by atoms with Crippen molar-refractivity contribution in [3.05, 3.63) is 52.8 Å². The molecule has 1 aliphatic rings. The summed E-state index contributed by atoms with van der Waals surface area (Å²) < 4.78 is 23.7. The third kappa shape index (κ3) is 4.85. The predicted octanol–water partition coefficient (Wildman–Crippen LogP) is 3.85. The van der Waals surface area contributed by atoms with Gasteiger partial charge in [0.25, 0.3) is 0 Å². The van der Waals surface area contributed by atoms with Gasteiger partial charge in [-0.25, -0.2) is 9.18 Å². The zero-order chi connectivity index (χ0) is 20.1. The van der Waals surface area contributed by atoms with Crippen LogP contribution in [0.15, 0.2) is 36.4 Å². The summed E-state index contributed by atoms with van der Waals surface area (Å²) in [4.78, 5) is 16.5. The third-order valence-corrected chi connectivity index (χ3v) is 4.97. The van der Waals surface area contributed by atoms with E-state index in [1.165, 1.54) is 6.07 Å². The molecule has 0 aromatic heterocycles. The summed E-state index contributed by atoms with van der Waals surface area (Å²) >= 11 is 5.84. The molecule has 0 atom stereocenters. The highest BCUT2D eigenvalue weighted by molar-refractivity contribution is 6.30. The number of hydrogen-bond acceptors (Lipinski definition) is 4. The van der Waals surface area contributed by atoms with E-state index < -0.39 is 5.82 Å². The van der Waals surface area contributed by atoms with Crippen molar-refractivity contribution in [2.24, 2.45) is 0 Å². The monoisotopic (exact) mass is 407 g/mol. The minimum absolute atomic E-state index is 0.130. The molecule has 1 N–H and O–H groups in total. The van der Waals surface area contributed by atoms with E-state index in [-0.39, 0.29) is 11.1 Å². The van der Waals surface area contributed by atoms with Gasteiger partial charge in [0.2, 0.25) is 0 Å². The zero-order valence-electron chi connectivity index (χ0n) is 15.9. The molecule has 1 aliphatic heterocycles. The van der Waals surface area contributed by atoms with Gasteiger partial charge in [-0.2, -0.15) is 0 Å². The Hall–Kier alpha value is -2.51. The molecule has 0 bridgehead atoms. The van der Waals surface area contributed by atoms with Crippen molar-refractivity contribution in [1.29, 1.82) is 0 Å². The molecular formula is C20H23ClFN3O3. The first-order chi connectivity index (χ1) is 13.5. The molecular weight excluding hydrogens is 385 g/mol. The quantitative estimate of drug-likeness (QED) is 0.818. The molecule has 3 rings (SSSR count). The van der Waals surface area contributed by atoms with Crippen molar-refractivity contribution in [1.82, 2.24) is 9.80 Å². The normalized spacial score (nSPS) is 14.6. The van der Waals surface area contributed by atoms with E-state index in [0.717, 1.165) is 18.7 Å². The number of amides is 2. The molecule has 2 aromatic carbocycles. The topological polar surface area (TPSA) is 54.0 Å². The van der Waals surface area contributed by atoms with Crippen LogP contribution in [0.2, 0.25) is 5.02 Å². The van der Waals surface area contributed by atoms with E-state index in [4.69, 9.17) is 21.1 Å². The van der Waals surface area contributed by atoms with Crippen LogP contribution in [0.3, 0.4) is 0 Å². The number of anilines is 1. The summed E-state index contributed by atoms with van der Waals surface area (Å²) in [6, 6.07) is 9.85. The highest BCUT2D eigenvalue weighted by atomic mass is 35.5.